The van der Waals surface area contributed by atoms with Crippen molar-refractivity contribution in [1.29, 1.82) is 0 Å². The average Bonchev–Trinajstić information content (AvgIpc) is 3.03. The lowest BCUT2D eigenvalue weighted by Crippen LogP contribution is -2.38. The fraction of sp³-hybridized carbons (Fsp3) is 0.750. The summed E-state index contributed by atoms with van der Waals surface area (Å²) in [5.41, 5.74) is -1.29. The van der Waals surface area contributed by atoms with Crippen LogP contribution in [0.4, 0.5) is 0 Å². The van der Waals surface area contributed by atoms with Crippen molar-refractivity contribution in [3.63, 3.8) is 0 Å². The summed E-state index contributed by atoms with van der Waals surface area (Å²) in [6.45, 7) is 4.97. The molecular formula is C12H16O5. The van der Waals surface area contributed by atoms with Crippen LogP contribution in [-0.4, -0.2) is 51.6 Å². The van der Waals surface area contributed by atoms with Crippen molar-refractivity contribution < 1.29 is 24.5 Å². The van der Waals surface area contributed by atoms with E-state index in [1.54, 1.807) is 20.8 Å². The molecule has 0 unspecified atom stereocenters. The van der Waals surface area contributed by atoms with E-state index in [-0.39, 0.29) is 18.0 Å². The molecule has 2 aliphatic heterocycles. The third-order valence-corrected chi connectivity index (χ3v) is 3.79. The zero-order chi connectivity index (χ0) is 12.6. The molecule has 0 aromatic carbocycles. The molecule has 0 aromatic rings. The van der Waals surface area contributed by atoms with E-state index in [9.17, 15) is 15.0 Å². The van der Waals surface area contributed by atoms with E-state index in [2.05, 4.69) is 0 Å². The maximum atomic E-state index is 11.8. The van der Waals surface area contributed by atoms with Gasteiger partial charge in [-0.25, -0.2) is 0 Å². The molecule has 94 valence electrons. The SMILES string of the molecule is CC(C)(O)[C@@H]1O[C@@H]1C1=CC(=O)[C@]2(C)O[C@@H]2[C@H]1O. The molecule has 3 aliphatic rings. The van der Waals surface area contributed by atoms with Gasteiger partial charge in [-0.3, -0.25) is 4.79 Å². The highest BCUT2D eigenvalue weighted by molar-refractivity contribution is 6.01. The fourth-order valence-electron chi connectivity index (χ4n) is 2.50. The van der Waals surface area contributed by atoms with Gasteiger partial charge >= 0.3 is 0 Å². The minimum Gasteiger partial charge on any atom is -0.388 e. The number of aliphatic hydroxyl groups is 2. The maximum absolute atomic E-state index is 11.8. The number of fused-ring (bicyclic) bond motifs is 1. The number of rotatable bonds is 2. The lowest BCUT2D eigenvalue weighted by atomic mass is 9.84. The number of aliphatic hydroxyl groups excluding tert-OH is 1. The Balaban J connectivity index is 1.82. The first kappa shape index (κ1) is 11.3. The van der Waals surface area contributed by atoms with E-state index >= 15 is 0 Å². The topological polar surface area (TPSA) is 82.6 Å². The van der Waals surface area contributed by atoms with Gasteiger partial charge in [0.15, 0.2) is 11.4 Å². The predicted molar refractivity (Wildman–Crippen MR) is 57.3 cm³/mol. The van der Waals surface area contributed by atoms with Crippen molar-refractivity contribution in [2.75, 3.05) is 0 Å². The summed E-state index contributed by atoms with van der Waals surface area (Å²) in [4.78, 5) is 11.8. The molecule has 2 N–H and O–H groups in total. The second-order valence-electron chi connectivity index (χ2n) is 5.73. The van der Waals surface area contributed by atoms with Crippen molar-refractivity contribution >= 4 is 5.78 Å². The molecule has 2 fully saturated rings. The van der Waals surface area contributed by atoms with Crippen LogP contribution in [0.5, 0.6) is 0 Å². The van der Waals surface area contributed by atoms with Crippen LogP contribution in [0.2, 0.25) is 0 Å². The van der Waals surface area contributed by atoms with Crippen LogP contribution in [0.15, 0.2) is 11.6 Å². The highest BCUT2D eigenvalue weighted by Crippen LogP contribution is 2.49. The monoisotopic (exact) mass is 240 g/mol. The Hall–Kier alpha value is -0.750. The summed E-state index contributed by atoms with van der Waals surface area (Å²) < 4.78 is 10.6. The molecule has 5 heteroatoms. The molecular weight excluding hydrogens is 224 g/mol. The summed E-state index contributed by atoms with van der Waals surface area (Å²) >= 11 is 0. The first-order valence-corrected chi connectivity index (χ1v) is 5.75. The number of carbonyl (C=O) groups excluding carboxylic acids is 1. The van der Waals surface area contributed by atoms with Gasteiger partial charge in [0.1, 0.15) is 24.4 Å². The molecule has 5 nitrogen and oxygen atoms in total. The zero-order valence-electron chi connectivity index (χ0n) is 10.0. The van der Waals surface area contributed by atoms with E-state index < -0.39 is 23.4 Å². The van der Waals surface area contributed by atoms with Gasteiger partial charge in [-0.2, -0.15) is 0 Å². The van der Waals surface area contributed by atoms with Crippen molar-refractivity contribution in [2.24, 2.45) is 0 Å². The molecule has 1 aliphatic carbocycles. The Morgan fingerprint density at radius 1 is 1.47 bits per heavy atom. The Morgan fingerprint density at radius 2 is 2.12 bits per heavy atom. The molecule has 0 radical (unpaired) electrons. The van der Waals surface area contributed by atoms with E-state index in [0.717, 1.165) is 0 Å². The molecule has 0 saturated carbocycles. The highest BCUT2D eigenvalue weighted by atomic mass is 16.6. The molecule has 3 rings (SSSR count). The summed E-state index contributed by atoms with van der Waals surface area (Å²) in [6.07, 6.45) is -0.594. The van der Waals surface area contributed by atoms with Crippen molar-refractivity contribution in [3.8, 4) is 0 Å². The van der Waals surface area contributed by atoms with Gasteiger partial charge in [0, 0.05) is 0 Å². The normalized spacial score (nSPS) is 48.5. The smallest absolute Gasteiger partial charge is 0.190 e. The van der Waals surface area contributed by atoms with Gasteiger partial charge in [0.05, 0.1) is 5.60 Å². The summed E-state index contributed by atoms with van der Waals surface area (Å²) in [6, 6.07) is 0. The van der Waals surface area contributed by atoms with E-state index in [1.807, 2.05) is 0 Å². The second-order valence-corrected chi connectivity index (χ2v) is 5.73. The number of epoxide rings is 2. The molecule has 5 atom stereocenters. The maximum Gasteiger partial charge on any atom is 0.190 e. The molecule has 0 amide bonds. The minimum atomic E-state index is -0.973. The van der Waals surface area contributed by atoms with E-state index in [0.29, 0.717) is 5.57 Å². The van der Waals surface area contributed by atoms with Crippen LogP contribution in [0.25, 0.3) is 0 Å². The Bertz CT molecular complexity index is 421. The van der Waals surface area contributed by atoms with E-state index in [1.165, 1.54) is 6.08 Å². The molecule has 2 saturated heterocycles. The molecule has 17 heavy (non-hydrogen) atoms. The summed E-state index contributed by atoms with van der Waals surface area (Å²) in [5.74, 6) is -0.132. The Morgan fingerprint density at radius 3 is 2.65 bits per heavy atom. The quantitative estimate of drug-likeness (QED) is 0.639. The standard InChI is InChI=1S/C12H16O5/c1-11(2,15)10-8(16-10)5-4-6(13)12(3)9(17-12)7(5)14/h4,7-10,14-15H,1-3H3/t7-,8+,9+,10+,12-/m0/s1. The number of ether oxygens (including phenoxy) is 2. The van der Waals surface area contributed by atoms with Crippen LogP contribution >= 0.6 is 0 Å². The Labute approximate surface area is 99.0 Å². The number of carbonyl (C=O) groups is 1. The minimum absolute atomic E-state index is 0.132. The van der Waals surface area contributed by atoms with Crippen molar-refractivity contribution in [3.05, 3.63) is 11.6 Å². The molecule has 0 aromatic heterocycles. The third kappa shape index (κ3) is 1.50. The highest BCUT2D eigenvalue weighted by Gasteiger charge is 2.66. The van der Waals surface area contributed by atoms with Crippen LogP contribution in [-0.2, 0) is 14.3 Å². The van der Waals surface area contributed by atoms with Crippen LogP contribution < -0.4 is 0 Å². The Kier molecular flexibility index (Phi) is 1.99. The third-order valence-electron chi connectivity index (χ3n) is 3.79. The van der Waals surface area contributed by atoms with Gasteiger partial charge in [0.2, 0.25) is 0 Å². The average molecular weight is 240 g/mol. The first-order valence-electron chi connectivity index (χ1n) is 5.75. The lowest BCUT2D eigenvalue weighted by molar-refractivity contribution is -0.119. The summed E-state index contributed by atoms with van der Waals surface area (Å²) in [7, 11) is 0. The van der Waals surface area contributed by atoms with Gasteiger partial charge in [0.25, 0.3) is 0 Å². The van der Waals surface area contributed by atoms with Crippen molar-refractivity contribution in [1.82, 2.24) is 0 Å². The number of hydrogen-bond donors (Lipinski definition) is 2. The molecule has 2 heterocycles. The fourth-order valence-corrected chi connectivity index (χ4v) is 2.50. The van der Waals surface area contributed by atoms with Gasteiger partial charge < -0.3 is 19.7 Å². The second kappa shape index (κ2) is 2.98. The predicted octanol–water partition coefficient (Wildman–Crippen LogP) is -0.448. The van der Waals surface area contributed by atoms with Crippen LogP contribution in [0, 0.1) is 0 Å². The van der Waals surface area contributed by atoms with Crippen LogP contribution in [0.3, 0.4) is 0 Å². The van der Waals surface area contributed by atoms with Crippen molar-refractivity contribution in [2.45, 2.75) is 56.4 Å². The zero-order valence-corrected chi connectivity index (χ0v) is 10.0. The van der Waals surface area contributed by atoms with Gasteiger partial charge in [-0.15, -0.1) is 0 Å². The number of hydrogen-bond acceptors (Lipinski definition) is 5. The lowest BCUT2D eigenvalue weighted by Gasteiger charge is -2.19. The summed E-state index contributed by atoms with van der Waals surface area (Å²) in [5, 5.41) is 19.8. The first-order chi connectivity index (χ1) is 7.75. The van der Waals surface area contributed by atoms with Crippen LogP contribution in [0.1, 0.15) is 20.8 Å². The largest absolute Gasteiger partial charge is 0.388 e. The molecule has 0 bridgehead atoms. The van der Waals surface area contributed by atoms with Gasteiger partial charge in [-0.1, -0.05) is 0 Å². The molecule has 0 spiro atoms. The van der Waals surface area contributed by atoms with Gasteiger partial charge in [-0.05, 0) is 32.4 Å². The number of ketones is 1. The van der Waals surface area contributed by atoms with E-state index in [4.69, 9.17) is 9.47 Å².